The Bertz CT molecular complexity index is 324. The summed E-state index contributed by atoms with van der Waals surface area (Å²) in [7, 11) is 1.63. The molecule has 1 heterocycles. The van der Waals surface area contributed by atoms with Gasteiger partial charge in [-0.2, -0.15) is 0 Å². The molecule has 1 unspecified atom stereocenters. The van der Waals surface area contributed by atoms with Crippen LogP contribution in [0.5, 0.6) is 5.75 Å². The summed E-state index contributed by atoms with van der Waals surface area (Å²) in [5.74, 6) is 0.794. The molecule has 0 aromatic heterocycles. The molecule has 0 spiro atoms. The maximum Gasteiger partial charge on any atom is 0.119 e. The number of hydrogen-bond donors (Lipinski definition) is 2. The summed E-state index contributed by atoms with van der Waals surface area (Å²) >= 11 is 0. The maximum absolute atomic E-state index is 10.3. The lowest BCUT2D eigenvalue weighted by atomic mass is 9.93. The predicted molar refractivity (Wildman–Crippen MR) is 61.6 cm³/mol. The van der Waals surface area contributed by atoms with Crippen molar-refractivity contribution in [1.82, 2.24) is 5.32 Å². The van der Waals surface area contributed by atoms with Crippen LogP contribution < -0.4 is 10.1 Å². The first kappa shape index (κ1) is 12.3. The molecule has 0 bridgehead atoms. The minimum absolute atomic E-state index is 0. The second-order valence-electron chi connectivity index (χ2n) is 3.69. The lowest BCUT2D eigenvalue weighted by Gasteiger charge is -2.22. The monoisotopic (exact) mass is 229 g/mol. The van der Waals surface area contributed by atoms with E-state index in [0.717, 1.165) is 24.3 Å². The van der Waals surface area contributed by atoms with Gasteiger partial charge in [-0.1, -0.05) is 12.1 Å². The van der Waals surface area contributed by atoms with Crippen molar-refractivity contribution in [3.8, 4) is 5.75 Å². The van der Waals surface area contributed by atoms with Crippen LogP contribution in [0.4, 0.5) is 0 Å². The lowest BCUT2D eigenvalue weighted by molar-refractivity contribution is 0.0585. The van der Waals surface area contributed by atoms with Gasteiger partial charge >= 0.3 is 0 Å². The first-order valence-corrected chi connectivity index (χ1v) is 4.82. The van der Waals surface area contributed by atoms with E-state index in [0.29, 0.717) is 6.54 Å². The Balaban J connectivity index is 0.00000112. The molecule has 1 atom stereocenters. The second-order valence-corrected chi connectivity index (χ2v) is 3.69. The third-order valence-corrected chi connectivity index (χ3v) is 2.74. The summed E-state index contributed by atoms with van der Waals surface area (Å²) in [6.07, 6.45) is 0.764. The van der Waals surface area contributed by atoms with E-state index in [1.807, 2.05) is 24.3 Å². The highest BCUT2D eigenvalue weighted by atomic mass is 35.5. The summed E-state index contributed by atoms with van der Waals surface area (Å²) in [4.78, 5) is 0. The molecule has 4 heteroatoms. The van der Waals surface area contributed by atoms with Crippen molar-refractivity contribution in [1.29, 1.82) is 0 Å². The zero-order valence-corrected chi connectivity index (χ0v) is 9.51. The quantitative estimate of drug-likeness (QED) is 0.803. The van der Waals surface area contributed by atoms with Crippen LogP contribution in [0.3, 0.4) is 0 Å². The van der Waals surface area contributed by atoms with Crippen LogP contribution in [-0.2, 0) is 5.60 Å². The summed E-state index contributed by atoms with van der Waals surface area (Å²) < 4.78 is 5.13. The van der Waals surface area contributed by atoms with Crippen molar-refractivity contribution in [2.24, 2.45) is 0 Å². The molecule has 1 fully saturated rings. The SMILES string of the molecule is COc1cccc(C2(O)CCNC2)c1.Cl. The van der Waals surface area contributed by atoms with Gasteiger partial charge in [0, 0.05) is 6.54 Å². The van der Waals surface area contributed by atoms with Gasteiger partial charge in [0.25, 0.3) is 0 Å². The van der Waals surface area contributed by atoms with Gasteiger partial charge in [-0.25, -0.2) is 0 Å². The highest BCUT2D eigenvalue weighted by Crippen LogP contribution is 2.29. The Kier molecular flexibility index (Phi) is 3.97. The molecule has 0 aliphatic carbocycles. The minimum Gasteiger partial charge on any atom is -0.497 e. The largest absolute Gasteiger partial charge is 0.497 e. The number of aliphatic hydroxyl groups is 1. The van der Waals surface area contributed by atoms with Gasteiger partial charge in [-0.05, 0) is 30.7 Å². The number of nitrogens with one attached hydrogen (secondary N) is 1. The highest BCUT2D eigenvalue weighted by molar-refractivity contribution is 5.85. The first-order valence-electron chi connectivity index (χ1n) is 4.82. The third kappa shape index (κ3) is 2.43. The van der Waals surface area contributed by atoms with E-state index in [2.05, 4.69) is 5.32 Å². The van der Waals surface area contributed by atoms with E-state index >= 15 is 0 Å². The van der Waals surface area contributed by atoms with Crippen molar-refractivity contribution in [2.75, 3.05) is 20.2 Å². The van der Waals surface area contributed by atoms with E-state index in [9.17, 15) is 5.11 Å². The molecule has 1 saturated heterocycles. The van der Waals surface area contributed by atoms with Crippen molar-refractivity contribution in [3.63, 3.8) is 0 Å². The van der Waals surface area contributed by atoms with Crippen LogP contribution in [0.2, 0.25) is 0 Å². The first-order chi connectivity index (χ1) is 6.74. The molecule has 0 saturated carbocycles. The molecule has 1 aliphatic rings. The Morgan fingerprint density at radius 3 is 2.87 bits per heavy atom. The van der Waals surface area contributed by atoms with Crippen LogP contribution >= 0.6 is 12.4 Å². The number of halogens is 1. The number of rotatable bonds is 2. The summed E-state index contributed by atoms with van der Waals surface area (Å²) in [6.45, 7) is 1.49. The molecule has 1 aliphatic heterocycles. The predicted octanol–water partition coefficient (Wildman–Crippen LogP) is 1.30. The van der Waals surface area contributed by atoms with Gasteiger partial charge in [0.15, 0.2) is 0 Å². The normalized spacial score (nSPS) is 24.7. The lowest BCUT2D eigenvalue weighted by Crippen LogP contribution is -2.28. The number of β-amino-alcohol motifs (C(OH)–C–C–N with tert-alkyl or cyclic N) is 1. The van der Waals surface area contributed by atoms with Crippen molar-refractivity contribution < 1.29 is 9.84 Å². The van der Waals surface area contributed by atoms with Crippen molar-refractivity contribution in [3.05, 3.63) is 29.8 Å². The minimum atomic E-state index is -0.714. The molecule has 0 radical (unpaired) electrons. The number of methoxy groups -OCH3 is 1. The van der Waals surface area contributed by atoms with Crippen LogP contribution in [0, 0.1) is 0 Å². The smallest absolute Gasteiger partial charge is 0.119 e. The van der Waals surface area contributed by atoms with Crippen LogP contribution in [0.15, 0.2) is 24.3 Å². The maximum atomic E-state index is 10.3. The van der Waals surface area contributed by atoms with Gasteiger partial charge < -0.3 is 15.2 Å². The molecule has 3 nitrogen and oxygen atoms in total. The molecule has 0 amide bonds. The topological polar surface area (TPSA) is 41.5 Å². The summed E-state index contributed by atoms with van der Waals surface area (Å²) in [6, 6.07) is 7.63. The van der Waals surface area contributed by atoms with E-state index in [4.69, 9.17) is 4.74 Å². The fraction of sp³-hybridized carbons (Fsp3) is 0.455. The van der Waals surface area contributed by atoms with E-state index in [1.54, 1.807) is 7.11 Å². The molecular formula is C11H16ClNO2. The van der Waals surface area contributed by atoms with Gasteiger partial charge in [0.1, 0.15) is 11.4 Å². The van der Waals surface area contributed by atoms with Crippen molar-refractivity contribution in [2.45, 2.75) is 12.0 Å². The Hall–Kier alpha value is -0.770. The zero-order chi connectivity index (χ0) is 10.0. The van der Waals surface area contributed by atoms with Gasteiger partial charge in [-0.15, -0.1) is 12.4 Å². The van der Waals surface area contributed by atoms with Gasteiger partial charge in [0.05, 0.1) is 7.11 Å². The Labute approximate surface area is 95.9 Å². The number of benzene rings is 1. The third-order valence-electron chi connectivity index (χ3n) is 2.74. The molecule has 2 N–H and O–H groups in total. The van der Waals surface area contributed by atoms with E-state index in [-0.39, 0.29) is 12.4 Å². The average Bonchev–Trinajstić information content (AvgIpc) is 2.67. The van der Waals surface area contributed by atoms with Crippen molar-refractivity contribution >= 4 is 12.4 Å². The van der Waals surface area contributed by atoms with Crippen LogP contribution in [0.25, 0.3) is 0 Å². The highest BCUT2D eigenvalue weighted by Gasteiger charge is 2.32. The molecule has 84 valence electrons. The Morgan fingerprint density at radius 1 is 1.47 bits per heavy atom. The summed E-state index contributed by atoms with van der Waals surface area (Å²) in [5.41, 5.74) is 0.219. The number of ether oxygens (including phenoxy) is 1. The molecular weight excluding hydrogens is 214 g/mol. The van der Waals surface area contributed by atoms with Gasteiger partial charge in [0.2, 0.25) is 0 Å². The standard InChI is InChI=1S/C11H15NO2.ClH/c1-14-10-4-2-3-9(7-10)11(13)5-6-12-8-11;/h2-4,7,12-13H,5-6,8H2,1H3;1H. The summed E-state index contributed by atoms with van der Waals surface area (Å²) in [5, 5.41) is 13.4. The van der Waals surface area contributed by atoms with Gasteiger partial charge in [-0.3, -0.25) is 0 Å². The van der Waals surface area contributed by atoms with E-state index in [1.165, 1.54) is 0 Å². The molecule has 1 aromatic rings. The second kappa shape index (κ2) is 4.84. The van der Waals surface area contributed by atoms with Crippen LogP contribution in [0.1, 0.15) is 12.0 Å². The number of hydrogen-bond acceptors (Lipinski definition) is 3. The fourth-order valence-electron chi connectivity index (χ4n) is 1.84. The van der Waals surface area contributed by atoms with Crippen LogP contribution in [-0.4, -0.2) is 25.3 Å². The molecule has 1 aromatic carbocycles. The molecule has 15 heavy (non-hydrogen) atoms. The Morgan fingerprint density at radius 2 is 2.27 bits per heavy atom. The average molecular weight is 230 g/mol. The fourth-order valence-corrected chi connectivity index (χ4v) is 1.84. The molecule has 2 rings (SSSR count). The van der Waals surface area contributed by atoms with E-state index < -0.39 is 5.60 Å². The zero-order valence-electron chi connectivity index (χ0n) is 8.69.